The van der Waals surface area contributed by atoms with Crippen molar-refractivity contribution in [2.75, 3.05) is 13.2 Å². The first kappa shape index (κ1) is 11.2. The number of halogens is 3. The summed E-state index contributed by atoms with van der Waals surface area (Å²) in [5, 5.41) is 0. The normalized spacial score (nSPS) is 19.4. The number of ether oxygens (including phenoxy) is 1. The lowest BCUT2D eigenvalue weighted by Gasteiger charge is -2.10. The number of hydrogen-bond donors (Lipinski definition) is 1. The Morgan fingerprint density at radius 2 is 2.19 bits per heavy atom. The average molecular weight is 233 g/mol. The molecule has 3 nitrogen and oxygen atoms in total. The maximum atomic E-state index is 12.5. The summed E-state index contributed by atoms with van der Waals surface area (Å²) in [7, 11) is 0. The SMILES string of the molecule is NOCC1COc2ccc(C(F)(F)F)cc21. The third-order valence-electron chi connectivity index (χ3n) is 2.51. The monoisotopic (exact) mass is 233 g/mol. The summed E-state index contributed by atoms with van der Waals surface area (Å²) in [6, 6.07) is 3.42. The molecule has 0 aromatic heterocycles. The van der Waals surface area contributed by atoms with Gasteiger partial charge in [0.25, 0.3) is 0 Å². The molecule has 0 bridgehead atoms. The summed E-state index contributed by atoms with van der Waals surface area (Å²) in [5.74, 6) is 5.15. The van der Waals surface area contributed by atoms with E-state index in [0.29, 0.717) is 17.9 Å². The molecule has 1 heterocycles. The standard InChI is InChI=1S/C10H10F3NO2/c11-10(12,13)7-1-2-9-8(3-7)6(4-15-9)5-16-14/h1-3,6H,4-5,14H2. The van der Waals surface area contributed by atoms with Crippen LogP contribution >= 0.6 is 0 Å². The quantitative estimate of drug-likeness (QED) is 0.795. The first-order valence-corrected chi connectivity index (χ1v) is 4.68. The molecule has 1 aliphatic heterocycles. The Morgan fingerprint density at radius 3 is 2.81 bits per heavy atom. The van der Waals surface area contributed by atoms with Crippen LogP contribution in [0.2, 0.25) is 0 Å². The van der Waals surface area contributed by atoms with Crippen LogP contribution in [0.25, 0.3) is 0 Å². The van der Waals surface area contributed by atoms with E-state index in [9.17, 15) is 13.2 Å². The van der Waals surface area contributed by atoms with Crippen molar-refractivity contribution >= 4 is 0 Å². The zero-order valence-electron chi connectivity index (χ0n) is 8.25. The van der Waals surface area contributed by atoms with Crippen LogP contribution in [0.3, 0.4) is 0 Å². The zero-order chi connectivity index (χ0) is 11.8. The lowest BCUT2D eigenvalue weighted by molar-refractivity contribution is -0.137. The van der Waals surface area contributed by atoms with Crippen LogP contribution in [-0.2, 0) is 11.0 Å². The van der Waals surface area contributed by atoms with E-state index in [2.05, 4.69) is 4.84 Å². The molecule has 0 fully saturated rings. The zero-order valence-corrected chi connectivity index (χ0v) is 8.25. The fourth-order valence-corrected chi connectivity index (χ4v) is 1.71. The largest absolute Gasteiger partial charge is 0.493 e. The fraction of sp³-hybridized carbons (Fsp3) is 0.400. The van der Waals surface area contributed by atoms with Gasteiger partial charge in [-0.05, 0) is 18.2 Å². The smallest absolute Gasteiger partial charge is 0.416 e. The molecule has 1 aromatic carbocycles. The molecule has 0 spiro atoms. The molecule has 6 heteroatoms. The summed E-state index contributed by atoms with van der Waals surface area (Å²) in [5.41, 5.74) is -0.181. The van der Waals surface area contributed by atoms with Crippen molar-refractivity contribution in [1.82, 2.24) is 0 Å². The highest BCUT2D eigenvalue weighted by Crippen LogP contribution is 2.38. The molecule has 0 saturated heterocycles. The van der Waals surface area contributed by atoms with Crippen molar-refractivity contribution in [1.29, 1.82) is 0 Å². The van der Waals surface area contributed by atoms with Gasteiger partial charge in [-0.25, -0.2) is 5.90 Å². The number of nitrogens with two attached hydrogens (primary N) is 1. The second-order valence-corrected chi connectivity index (χ2v) is 3.59. The molecule has 2 rings (SSSR count). The van der Waals surface area contributed by atoms with Crippen LogP contribution < -0.4 is 10.6 Å². The first-order chi connectivity index (χ1) is 7.52. The van der Waals surface area contributed by atoms with Crippen molar-refractivity contribution in [3.8, 4) is 5.75 Å². The van der Waals surface area contributed by atoms with Gasteiger partial charge in [0.1, 0.15) is 5.75 Å². The van der Waals surface area contributed by atoms with Crippen LogP contribution in [0.1, 0.15) is 17.0 Å². The van der Waals surface area contributed by atoms with Crippen LogP contribution in [0.4, 0.5) is 13.2 Å². The highest BCUT2D eigenvalue weighted by Gasteiger charge is 2.33. The molecule has 1 unspecified atom stereocenters. The average Bonchev–Trinajstić information content (AvgIpc) is 2.60. The number of fused-ring (bicyclic) bond motifs is 1. The topological polar surface area (TPSA) is 44.5 Å². The Hall–Kier alpha value is -1.27. The number of alkyl halides is 3. The van der Waals surface area contributed by atoms with Gasteiger partial charge in [0, 0.05) is 11.5 Å². The van der Waals surface area contributed by atoms with Crippen LogP contribution in [0, 0.1) is 0 Å². The van der Waals surface area contributed by atoms with Crippen molar-refractivity contribution in [2.45, 2.75) is 12.1 Å². The number of benzene rings is 1. The van der Waals surface area contributed by atoms with E-state index in [4.69, 9.17) is 10.6 Å². The second kappa shape index (κ2) is 3.95. The van der Waals surface area contributed by atoms with Crippen LogP contribution in [0.15, 0.2) is 18.2 Å². The third kappa shape index (κ3) is 1.98. The van der Waals surface area contributed by atoms with Crippen LogP contribution in [0.5, 0.6) is 5.75 Å². The molecular formula is C10H10F3NO2. The Labute approximate surface area is 89.9 Å². The second-order valence-electron chi connectivity index (χ2n) is 3.59. The van der Waals surface area contributed by atoms with E-state index in [1.54, 1.807) is 0 Å². The molecule has 16 heavy (non-hydrogen) atoms. The summed E-state index contributed by atoms with van der Waals surface area (Å²) >= 11 is 0. The Kier molecular flexibility index (Phi) is 2.77. The number of hydrogen-bond acceptors (Lipinski definition) is 3. The minimum absolute atomic E-state index is 0.147. The van der Waals surface area contributed by atoms with Gasteiger partial charge in [-0.1, -0.05) is 0 Å². The molecule has 1 atom stereocenters. The minimum Gasteiger partial charge on any atom is -0.493 e. The molecule has 0 aliphatic carbocycles. The maximum absolute atomic E-state index is 12.5. The van der Waals surface area contributed by atoms with Crippen LogP contribution in [-0.4, -0.2) is 13.2 Å². The highest BCUT2D eigenvalue weighted by atomic mass is 19.4. The van der Waals surface area contributed by atoms with Crippen molar-refractivity contribution in [3.63, 3.8) is 0 Å². The van der Waals surface area contributed by atoms with Crippen molar-refractivity contribution in [2.24, 2.45) is 5.90 Å². The molecule has 1 aromatic rings. The Bertz CT molecular complexity index is 390. The van der Waals surface area contributed by atoms with Crippen molar-refractivity contribution in [3.05, 3.63) is 29.3 Å². The van der Waals surface area contributed by atoms with Gasteiger partial charge < -0.3 is 9.57 Å². The maximum Gasteiger partial charge on any atom is 0.416 e. The van der Waals surface area contributed by atoms with Gasteiger partial charge in [0.15, 0.2) is 0 Å². The summed E-state index contributed by atoms with van der Waals surface area (Å²) in [4.78, 5) is 4.45. The molecule has 1 aliphatic rings. The summed E-state index contributed by atoms with van der Waals surface area (Å²) in [6.45, 7) is 0.447. The predicted octanol–water partition coefficient (Wildman–Crippen LogP) is 2.07. The first-order valence-electron chi connectivity index (χ1n) is 4.68. The van der Waals surface area contributed by atoms with E-state index in [1.165, 1.54) is 6.07 Å². The van der Waals surface area contributed by atoms with Gasteiger partial charge in [0.05, 0.1) is 18.8 Å². The van der Waals surface area contributed by atoms with E-state index in [1.807, 2.05) is 0 Å². The molecule has 0 saturated carbocycles. The minimum atomic E-state index is -4.34. The molecule has 0 amide bonds. The van der Waals surface area contributed by atoms with E-state index in [0.717, 1.165) is 12.1 Å². The van der Waals surface area contributed by atoms with Gasteiger partial charge >= 0.3 is 6.18 Å². The van der Waals surface area contributed by atoms with E-state index in [-0.39, 0.29) is 12.5 Å². The third-order valence-corrected chi connectivity index (χ3v) is 2.51. The fourth-order valence-electron chi connectivity index (χ4n) is 1.71. The van der Waals surface area contributed by atoms with Gasteiger partial charge in [0.2, 0.25) is 0 Å². The summed E-state index contributed by atoms with van der Waals surface area (Å²) < 4.78 is 42.6. The lowest BCUT2D eigenvalue weighted by atomic mass is 10.00. The van der Waals surface area contributed by atoms with E-state index >= 15 is 0 Å². The lowest BCUT2D eigenvalue weighted by Crippen LogP contribution is -2.13. The predicted molar refractivity (Wildman–Crippen MR) is 49.8 cm³/mol. The van der Waals surface area contributed by atoms with Gasteiger partial charge in [-0.3, -0.25) is 0 Å². The molecule has 2 N–H and O–H groups in total. The summed E-state index contributed by atoms with van der Waals surface area (Å²) in [6.07, 6.45) is -4.34. The van der Waals surface area contributed by atoms with E-state index < -0.39 is 11.7 Å². The molecule has 0 radical (unpaired) electrons. The van der Waals surface area contributed by atoms with Crippen molar-refractivity contribution < 1.29 is 22.7 Å². The molecule has 88 valence electrons. The van der Waals surface area contributed by atoms with Gasteiger partial charge in [-0.15, -0.1) is 0 Å². The number of rotatable bonds is 2. The molecular weight excluding hydrogens is 223 g/mol. The highest BCUT2D eigenvalue weighted by molar-refractivity contribution is 5.43. The van der Waals surface area contributed by atoms with Gasteiger partial charge in [-0.2, -0.15) is 13.2 Å². The Balaban J connectivity index is 2.34. The Morgan fingerprint density at radius 1 is 1.44 bits per heavy atom.